The fourth-order valence-electron chi connectivity index (χ4n) is 1.80. The molecule has 0 bridgehead atoms. The van der Waals surface area contributed by atoms with E-state index in [1.807, 2.05) is 0 Å². The minimum absolute atomic E-state index is 0.112. The van der Waals surface area contributed by atoms with E-state index in [1.54, 1.807) is 24.3 Å². The summed E-state index contributed by atoms with van der Waals surface area (Å²) in [7, 11) is 0. The van der Waals surface area contributed by atoms with E-state index in [1.165, 1.54) is 0 Å². The molecule has 0 saturated heterocycles. The lowest BCUT2D eigenvalue weighted by molar-refractivity contribution is 0.0930. The van der Waals surface area contributed by atoms with Gasteiger partial charge < -0.3 is 11.1 Å². The molecule has 1 saturated carbocycles. The topological polar surface area (TPSA) is 55.1 Å². The third-order valence-corrected chi connectivity index (χ3v) is 3.27. The first-order valence-corrected chi connectivity index (χ1v) is 5.80. The number of carbonyl (C=O) groups excluding carboxylic acids is 1. The average molecular weight is 239 g/mol. The van der Waals surface area contributed by atoms with E-state index in [0.29, 0.717) is 17.1 Å². The summed E-state index contributed by atoms with van der Waals surface area (Å²) in [5.74, 6) is -0.112. The zero-order chi connectivity index (χ0) is 11.6. The van der Waals surface area contributed by atoms with Crippen molar-refractivity contribution in [2.75, 3.05) is 6.54 Å². The second-order valence-corrected chi connectivity index (χ2v) is 4.85. The van der Waals surface area contributed by atoms with Crippen molar-refractivity contribution >= 4 is 17.5 Å². The van der Waals surface area contributed by atoms with Gasteiger partial charge in [-0.05, 0) is 37.5 Å². The van der Waals surface area contributed by atoms with Gasteiger partial charge in [-0.15, -0.1) is 0 Å². The van der Waals surface area contributed by atoms with Crippen molar-refractivity contribution in [2.45, 2.75) is 24.8 Å². The van der Waals surface area contributed by atoms with Gasteiger partial charge in [0.05, 0.1) is 0 Å². The van der Waals surface area contributed by atoms with Gasteiger partial charge in [-0.2, -0.15) is 0 Å². The first kappa shape index (κ1) is 11.4. The lowest BCUT2D eigenvalue weighted by atomic mass is 9.78. The van der Waals surface area contributed by atoms with E-state index in [-0.39, 0.29) is 11.4 Å². The van der Waals surface area contributed by atoms with Gasteiger partial charge >= 0.3 is 0 Å². The minimum atomic E-state index is -0.186. The summed E-state index contributed by atoms with van der Waals surface area (Å²) < 4.78 is 0. The van der Waals surface area contributed by atoms with Gasteiger partial charge in [0.15, 0.2) is 0 Å². The summed E-state index contributed by atoms with van der Waals surface area (Å²) in [5.41, 5.74) is 6.41. The summed E-state index contributed by atoms with van der Waals surface area (Å²) in [5, 5.41) is 3.41. The van der Waals surface area contributed by atoms with E-state index in [4.69, 9.17) is 17.3 Å². The van der Waals surface area contributed by atoms with Crippen LogP contribution in [0.2, 0.25) is 5.02 Å². The molecule has 0 spiro atoms. The molecular weight excluding hydrogens is 224 g/mol. The van der Waals surface area contributed by atoms with Gasteiger partial charge in [-0.25, -0.2) is 0 Å². The van der Waals surface area contributed by atoms with Crippen LogP contribution >= 0.6 is 11.6 Å². The van der Waals surface area contributed by atoms with E-state index in [2.05, 4.69) is 5.32 Å². The summed E-state index contributed by atoms with van der Waals surface area (Å²) in [6.07, 6.45) is 3.13. The Morgan fingerprint density at radius 1 is 1.50 bits per heavy atom. The van der Waals surface area contributed by atoms with Crippen molar-refractivity contribution in [3.8, 4) is 0 Å². The standard InChI is InChI=1S/C12H15ClN2O/c13-10-4-1-3-9(7-10)11(16)15-8-12(14)5-2-6-12/h1,3-4,7H,2,5-6,8,14H2,(H,15,16). The third kappa shape index (κ3) is 2.54. The summed E-state index contributed by atoms with van der Waals surface area (Å²) in [6, 6.07) is 6.90. The van der Waals surface area contributed by atoms with Crippen molar-refractivity contribution in [3.05, 3.63) is 34.9 Å². The molecule has 0 aliphatic heterocycles. The number of benzene rings is 1. The first-order chi connectivity index (χ1) is 7.59. The maximum absolute atomic E-state index is 11.8. The Hall–Kier alpha value is -1.06. The molecule has 1 fully saturated rings. The van der Waals surface area contributed by atoms with E-state index >= 15 is 0 Å². The molecule has 0 aromatic heterocycles. The SMILES string of the molecule is NC1(CNC(=O)c2cccc(Cl)c2)CCC1. The molecule has 86 valence electrons. The number of carbonyl (C=O) groups is 1. The molecule has 1 aliphatic rings. The lowest BCUT2D eigenvalue weighted by Crippen LogP contribution is -2.54. The summed E-state index contributed by atoms with van der Waals surface area (Å²) >= 11 is 5.81. The van der Waals surface area contributed by atoms with Crippen LogP contribution in [0.15, 0.2) is 24.3 Å². The predicted octanol–water partition coefficient (Wildman–Crippen LogP) is 1.95. The number of hydrogen-bond acceptors (Lipinski definition) is 2. The summed E-state index contributed by atoms with van der Waals surface area (Å²) in [4.78, 5) is 11.8. The van der Waals surface area contributed by atoms with Gasteiger partial charge in [0.25, 0.3) is 5.91 Å². The number of hydrogen-bond donors (Lipinski definition) is 2. The highest BCUT2D eigenvalue weighted by Gasteiger charge is 2.32. The maximum Gasteiger partial charge on any atom is 0.251 e. The number of amides is 1. The van der Waals surface area contributed by atoms with Crippen LogP contribution in [0, 0.1) is 0 Å². The second-order valence-electron chi connectivity index (χ2n) is 4.41. The van der Waals surface area contributed by atoms with Crippen LogP contribution < -0.4 is 11.1 Å². The second kappa shape index (κ2) is 4.44. The van der Waals surface area contributed by atoms with Crippen LogP contribution in [0.4, 0.5) is 0 Å². The highest BCUT2D eigenvalue weighted by molar-refractivity contribution is 6.30. The quantitative estimate of drug-likeness (QED) is 0.846. The molecule has 3 nitrogen and oxygen atoms in total. The smallest absolute Gasteiger partial charge is 0.251 e. The van der Waals surface area contributed by atoms with Gasteiger partial charge in [0, 0.05) is 22.7 Å². The van der Waals surface area contributed by atoms with E-state index in [0.717, 1.165) is 19.3 Å². The molecule has 2 rings (SSSR count). The number of rotatable bonds is 3. The predicted molar refractivity (Wildman–Crippen MR) is 64.6 cm³/mol. The Balaban J connectivity index is 1.93. The van der Waals surface area contributed by atoms with Crippen molar-refractivity contribution in [3.63, 3.8) is 0 Å². The van der Waals surface area contributed by atoms with Crippen LogP contribution in [0.3, 0.4) is 0 Å². The molecule has 4 heteroatoms. The Bertz CT molecular complexity index is 402. The van der Waals surface area contributed by atoms with E-state index < -0.39 is 0 Å². The zero-order valence-electron chi connectivity index (χ0n) is 9.00. The van der Waals surface area contributed by atoms with Crippen molar-refractivity contribution in [1.82, 2.24) is 5.32 Å². The highest BCUT2D eigenvalue weighted by Crippen LogP contribution is 2.28. The molecule has 1 aromatic carbocycles. The third-order valence-electron chi connectivity index (χ3n) is 3.04. The maximum atomic E-state index is 11.8. The first-order valence-electron chi connectivity index (χ1n) is 5.42. The molecule has 0 unspecified atom stereocenters. The molecule has 16 heavy (non-hydrogen) atoms. The van der Waals surface area contributed by atoms with Gasteiger partial charge in [0.1, 0.15) is 0 Å². The lowest BCUT2D eigenvalue weighted by Gasteiger charge is -2.38. The molecule has 3 N–H and O–H groups in total. The van der Waals surface area contributed by atoms with Gasteiger partial charge in [0.2, 0.25) is 0 Å². The van der Waals surface area contributed by atoms with Crippen LogP contribution in [0.25, 0.3) is 0 Å². The van der Waals surface area contributed by atoms with Crippen molar-refractivity contribution in [2.24, 2.45) is 5.73 Å². The fraction of sp³-hybridized carbons (Fsp3) is 0.417. The van der Waals surface area contributed by atoms with Crippen LogP contribution in [-0.4, -0.2) is 18.0 Å². The monoisotopic (exact) mass is 238 g/mol. The van der Waals surface area contributed by atoms with Crippen LogP contribution in [0.5, 0.6) is 0 Å². The fourth-order valence-corrected chi connectivity index (χ4v) is 1.99. The van der Waals surface area contributed by atoms with E-state index in [9.17, 15) is 4.79 Å². The number of nitrogens with two attached hydrogens (primary N) is 1. The molecule has 1 aliphatic carbocycles. The molecule has 0 atom stereocenters. The van der Waals surface area contributed by atoms with Crippen molar-refractivity contribution in [1.29, 1.82) is 0 Å². The van der Waals surface area contributed by atoms with Crippen LogP contribution in [0.1, 0.15) is 29.6 Å². The number of nitrogens with one attached hydrogen (secondary N) is 1. The minimum Gasteiger partial charge on any atom is -0.350 e. The molecule has 0 radical (unpaired) electrons. The molecular formula is C12H15ClN2O. The Morgan fingerprint density at radius 3 is 2.81 bits per heavy atom. The normalized spacial score (nSPS) is 17.6. The summed E-state index contributed by atoms with van der Waals surface area (Å²) in [6.45, 7) is 0.540. The highest BCUT2D eigenvalue weighted by atomic mass is 35.5. The van der Waals surface area contributed by atoms with Gasteiger partial charge in [-0.1, -0.05) is 17.7 Å². The molecule has 1 amide bonds. The molecule has 1 aromatic rings. The Morgan fingerprint density at radius 2 is 2.25 bits per heavy atom. The average Bonchev–Trinajstić information content (AvgIpc) is 2.23. The Kier molecular flexibility index (Phi) is 3.17. The van der Waals surface area contributed by atoms with Gasteiger partial charge in [-0.3, -0.25) is 4.79 Å². The van der Waals surface area contributed by atoms with Crippen LogP contribution in [-0.2, 0) is 0 Å². The Labute approximate surface area is 100.0 Å². The largest absolute Gasteiger partial charge is 0.350 e. The molecule has 0 heterocycles. The zero-order valence-corrected chi connectivity index (χ0v) is 9.76. The van der Waals surface area contributed by atoms with Crippen molar-refractivity contribution < 1.29 is 4.79 Å². The number of halogens is 1.